The van der Waals surface area contributed by atoms with Gasteiger partial charge in [0.2, 0.25) is 0 Å². The normalized spacial score (nSPS) is 12.7. The van der Waals surface area contributed by atoms with Crippen LogP contribution in [0, 0.1) is 10.1 Å². The van der Waals surface area contributed by atoms with Crippen molar-refractivity contribution in [1.82, 2.24) is 4.90 Å². The van der Waals surface area contributed by atoms with Crippen LogP contribution < -0.4 is 9.47 Å². The summed E-state index contributed by atoms with van der Waals surface area (Å²) in [6.07, 6.45) is 3.54. The molecule has 2 amide bonds. The largest absolute Gasteiger partial charge is 0.493 e. The van der Waals surface area contributed by atoms with Gasteiger partial charge in [0, 0.05) is 12.6 Å². The Morgan fingerprint density at radius 2 is 1.69 bits per heavy atom. The first-order chi connectivity index (χ1) is 16.9. The molecule has 0 radical (unpaired) electrons. The molecule has 4 rings (SSSR count). The molecule has 9 nitrogen and oxygen atoms in total. The second kappa shape index (κ2) is 10.0. The Morgan fingerprint density at radius 3 is 2.40 bits per heavy atom. The highest BCUT2D eigenvalue weighted by Gasteiger charge is 2.40. The lowest BCUT2D eigenvalue weighted by Crippen LogP contribution is -2.32. The molecule has 176 valence electrons. The van der Waals surface area contributed by atoms with Crippen molar-refractivity contribution >= 4 is 35.6 Å². The average Bonchev–Trinajstić information content (AvgIpc) is 3.12. The van der Waals surface area contributed by atoms with E-state index in [9.17, 15) is 24.5 Å². The van der Waals surface area contributed by atoms with Crippen LogP contribution in [0.2, 0.25) is 0 Å². The van der Waals surface area contributed by atoms with Crippen molar-refractivity contribution < 1.29 is 28.8 Å². The zero-order chi connectivity index (χ0) is 24.9. The maximum Gasteiger partial charge on any atom is 0.313 e. The summed E-state index contributed by atoms with van der Waals surface area (Å²) < 4.78 is 10.7. The lowest BCUT2D eigenvalue weighted by Gasteiger charge is -2.14. The Kier molecular flexibility index (Phi) is 6.68. The molecule has 0 bridgehead atoms. The number of nitro benzene ring substituents is 1. The van der Waals surface area contributed by atoms with Crippen LogP contribution in [-0.2, 0) is 4.79 Å². The predicted molar refractivity (Wildman–Crippen MR) is 127 cm³/mol. The van der Waals surface area contributed by atoms with Gasteiger partial charge < -0.3 is 9.47 Å². The number of hydrogen-bond donors (Lipinski definition) is 0. The number of imide groups is 1. The highest BCUT2D eigenvalue weighted by Crippen LogP contribution is 2.32. The standard InChI is InChI=1S/C26H20N2O7/c1-34-22-16-18(11-10-17-6-3-2-4-7-17)12-13-21(22)35-23(29)14-15-27-25(30)19-8-5-9-20(28(32)33)24(19)26(27)31/h2-13,16H,14-15H2,1H3/b11-10+. The van der Waals surface area contributed by atoms with E-state index in [2.05, 4.69) is 0 Å². The van der Waals surface area contributed by atoms with Gasteiger partial charge >= 0.3 is 5.97 Å². The molecule has 0 saturated carbocycles. The fourth-order valence-corrected chi connectivity index (χ4v) is 3.68. The van der Waals surface area contributed by atoms with E-state index in [0.29, 0.717) is 5.75 Å². The molecule has 0 aliphatic carbocycles. The summed E-state index contributed by atoms with van der Waals surface area (Å²) in [5.74, 6) is -1.66. The number of amides is 2. The first-order valence-electron chi connectivity index (χ1n) is 10.6. The van der Waals surface area contributed by atoms with Gasteiger partial charge in [-0.3, -0.25) is 29.4 Å². The maximum atomic E-state index is 12.6. The number of nitro groups is 1. The van der Waals surface area contributed by atoms with Gasteiger partial charge in [0.05, 0.1) is 24.0 Å². The Balaban J connectivity index is 1.41. The summed E-state index contributed by atoms with van der Waals surface area (Å²) in [6, 6.07) is 18.6. The molecule has 35 heavy (non-hydrogen) atoms. The number of benzene rings is 3. The van der Waals surface area contributed by atoms with Gasteiger partial charge in [-0.15, -0.1) is 0 Å². The molecule has 0 spiro atoms. The molecule has 1 aliphatic heterocycles. The summed E-state index contributed by atoms with van der Waals surface area (Å²) in [4.78, 5) is 48.9. The molecule has 0 aromatic heterocycles. The van der Waals surface area contributed by atoms with E-state index in [1.807, 2.05) is 42.5 Å². The highest BCUT2D eigenvalue weighted by molar-refractivity contribution is 6.23. The molecule has 9 heteroatoms. The van der Waals surface area contributed by atoms with Crippen LogP contribution >= 0.6 is 0 Å². The molecule has 0 unspecified atom stereocenters. The smallest absolute Gasteiger partial charge is 0.313 e. The average molecular weight is 472 g/mol. The molecule has 3 aromatic rings. The highest BCUT2D eigenvalue weighted by atomic mass is 16.6. The van der Waals surface area contributed by atoms with Crippen LogP contribution in [0.1, 0.15) is 38.3 Å². The van der Waals surface area contributed by atoms with Crippen molar-refractivity contribution in [2.75, 3.05) is 13.7 Å². The lowest BCUT2D eigenvalue weighted by atomic mass is 10.1. The molecule has 3 aromatic carbocycles. The van der Waals surface area contributed by atoms with Gasteiger partial charge in [0.1, 0.15) is 5.56 Å². The summed E-state index contributed by atoms with van der Waals surface area (Å²) in [5.41, 5.74) is 1.09. The van der Waals surface area contributed by atoms with Gasteiger partial charge in [0.25, 0.3) is 17.5 Å². The van der Waals surface area contributed by atoms with Crippen LogP contribution in [0.3, 0.4) is 0 Å². The van der Waals surface area contributed by atoms with Crippen LogP contribution in [0.5, 0.6) is 11.5 Å². The Morgan fingerprint density at radius 1 is 0.943 bits per heavy atom. The topological polar surface area (TPSA) is 116 Å². The SMILES string of the molecule is COc1cc(/C=C/c2ccccc2)ccc1OC(=O)CCN1C(=O)c2cccc([N+](=O)[O-])c2C1=O. The molecular weight excluding hydrogens is 452 g/mol. The zero-order valence-corrected chi connectivity index (χ0v) is 18.7. The third-order valence-corrected chi connectivity index (χ3v) is 5.39. The Hall–Kier alpha value is -4.79. The van der Waals surface area contributed by atoms with E-state index in [1.165, 1.54) is 19.2 Å². The molecule has 0 N–H and O–H groups in total. The minimum Gasteiger partial charge on any atom is -0.493 e. The van der Waals surface area contributed by atoms with Crippen molar-refractivity contribution in [1.29, 1.82) is 0 Å². The molecule has 0 atom stereocenters. The van der Waals surface area contributed by atoms with E-state index in [1.54, 1.807) is 18.2 Å². The number of fused-ring (bicyclic) bond motifs is 1. The predicted octanol–water partition coefficient (Wildman–Crippen LogP) is 4.37. The van der Waals surface area contributed by atoms with E-state index >= 15 is 0 Å². The van der Waals surface area contributed by atoms with Gasteiger partial charge in [-0.2, -0.15) is 0 Å². The minimum absolute atomic E-state index is 0.0571. The number of carbonyl (C=O) groups excluding carboxylic acids is 3. The van der Waals surface area contributed by atoms with E-state index in [4.69, 9.17) is 9.47 Å². The zero-order valence-electron chi connectivity index (χ0n) is 18.7. The molecular formula is C26H20N2O7. The summed E-state index contributed by atoms with van der Waals surface area (Å²) in [5, 5.41) is 11.2. The molecule has 0 fully saturated rings. The third kappa shape index (κ3) is 4.93. The monoisotopic (exact) mass is 472 g/mol. The van der Waals surface area contributed by atoms with Crippen LogP contribution in [-0.4, -0.2) is 41.3 Å². The lowest BCUT2D eigenvalue weighted by molar-refractivity contribution is -0.385. The summed E-state index contributed by atoms with van der Waals surface area (Å²) >= 11 is 0. The Labute approximate surface area is 200 Å². The van der Waals surface area contributed by atoms with Gasteiger partial charge in [-0.25, -0.2) is 0 Å². The second-order valence-electron chi connectivity index (χ2n) is 7.60. The first kappa shape index (κ1) is 23.4. The van der Waals surface area contributed by atoms with Crippen LogP contribution in [0.4, 0.5) is 5.69 Å². The van der Waals surface area contributed by atoms with E-state index < -0.39 is 28.4 Å². The number of hydrogen-bond acceptors (Lipinski definition) is 7. The third-order valence-electron chi connectivity index (χ3n) is 5.39. The number of methoxy groups -OCH3 is 1. The first-order valence-corrected chi connectivity index (χ1v) is 10.6. The Bertz CT molecular complexity index is 1350. The number of rotatable bonds is 8. The maximum absolute atomic E-state index is 12.6. The van der Waals surface area contributed by atoms with E-state index in [-0.39, 0.29) is 29.8 Å². The van der Waals surface area contributed by atoms with Crippen molar-refractivity contribution in [3.63, 3.8) is 0 Å². The summed E-state index contributed by atoms with van der Waals surface area (Å²) in [6.45, 7) is -0.275. The number of ether oxygens (including phenoxy) is 2. The van der Waals surface area contributed by atoms with Crippen molar-refractivity contribution in [2.45, 2.75) is 6.42 Å². The van der Waals surface area contributed by atoms with Crippen LogP contribution in [0.15, 0.2) is 66.7 Å². The van der Waals surface area contributed by atoms with Crippen molar-refractivity contribution in [3.05, 3.63) is 99.1 Å². The van der Waals surface area contributed by atoms with E-state index in [0.717, 1.165) is 22.1 Å². The fourth-order valence-electron chi connectivity index (χ4n) is 3.68. The van der Waals surface area contributed by atoms with Crippen molar-refractivity contribution in [3.8, 4) is 11.5 Å². The number of carbonyl (C=O) groups is 3. The van der Waals surface area contributed by atoms with Gasteiger partial charge in [-0.05, 0) is 29.3 Å². The van der Waals surface area contributed by atoms with Crippen molar-refractivity contribution in [2.24, 2.45) is 0 Å². The number of esters is 1. The quantitative estimate of drug-likeness (QED) is 0.119. The summed E-state index contributed by atoms with van der Waals surface area (Å²) in [7, 11) is 1.45. The number of nitrogens with zero attached hydrogens (tertiary/aromatic N) is 2. The molecule has 1 aliphatic rings. The molecule has 1 heterocycles. The fraction of sp³-hybridized carbons (Fsp3) is 0.115. The van der Waals surface area contributed by atoms with Gasteiger partial charge in [-0.1, -0.05) is 54.6 Å². The second-order valence-corrected chi connectivity index (χ2v) is 7.60. The van der Waals surface area contributed by atoms with Crippen LogP contribution in [0.25, 0.3) is 12.2 Å². The minimum atomic E-state index is -0.808. The molecule has 0 saturated heterocycles. The van der Waals surface area contributed by atoms with Gasteiger partial charge in [0.15, 0.2) is 11.5 Å².